The summed E-state index contributed by atoms with van der Waals surface area (Å²) < 4.78 is 5.91. The summed E-state index contributed by atoms with van der Waals surface area (Å²) in [7, 11) is 0. The fourth-order valence-electron chi connectivity index (χ4n) is 7.79. The summed E-state index contributed by atoms with van der Waals surface area (Å²) in [6.07, 6.45) is 54.9. The van der Waals surface area contributed by atoms with Crippen molar-refractivity contribution in [1.29, 1.82) is 0 Å². The minimum Gasteiger partial charge on any atom is -0.462 e. The normalized spacial score (nSPS) is 13.5. The van der Waals surface area contributed by atoms with Crippen molar-refractivity contribution >= 4 is 11.9 Å². The zero-order valence-electron chi connectivity index (χ0n) is 39.4. The molecule has 0 saturated carbocycles. The van der Waals surface area contributed by atoms with E-state index >= 15 is 0 Å². The first-order valence-electron chi connectivity index (χ1n) is 25.7. The molecule has 0 fully saturated rings. The fourth-order valence-corrected chi connectivity index (χ4v) is 7.79. The van der Waals surface area contributed by atoms with Crippen molar-refractivity contribution in [3.8, 4) is 0 Å². The SMILES string of the molecule is CCCCC/C=C\C/C=C\C/C=C\CCCCCCCCC(=O)OC(CCCCCCCCCC)CC(=O)NC(CO)C(O)CCCCCCCCCCCCCCC. The van der Waals surface area contributed by atoms with E-state index in [9.17, 15) is 19.8 Å². The van der Waals surface area contributed by atoms with Gasteiger partial charge in [0.15, 0.2) is 0 Å². The predicted molar refractivity (Wildman–Crippen MR) is 255 cm³/mol. The number of allylic oxidation sites excluding steroid dienone is 6. The maximum atomic E-state index is 13.1. The number of carbonyl (C=O) groups excluding carboxylic acids is 2. The van der Waals surface area contributed by atoms with Crippen molar-refractivity contribution in [3.05, 3.63) is 36.5 Å². The van der Waals surface area contributed by atoms with Crippen LogP contribution in [0.3, 0.4) is 0 Å². The van der Waals surface area contributed by atoms with E-state index in [0.29, 0.717) is 19.3 Å². The van der Waals surface area contributed by atoms with Gasteiger partial charge in [0.25, 0.3) is 0 Å². The summed E-state index contributed by atoms with van der Waals surface area (Å²) in [4.78, 5) is 26.0. The highest BCUT2D eigenvalue weighted by Crippen LogP contribution is 2.18. The van der Waals surface area contributed by atoms with E-state index in [1.165, 1.54) is 154 Å². The van der Waals surface area contributed by atoms with Crippen LogP contribution >= 0.6 is 0 Å². The van der Waals surface area contributed by atoms with Crippen molar-refractivity contribution in [2.24, 2.45) is 0 Å². The molecule has 0 spiro atoms. The zero-order valence-corrected chi connectivity index (χ0v) is 39.4. The number of amides is 1. The van der Waals surface area contributed by atoms with E-state index in [1.807, 2.05) is 0 Å². The Kier molecular flexibility index (Phi) is 45.6. The minimum atomic E-state index is -0.785. The molecule has 3 atom stereocenters. The molecule has 6 heteroatoms. The van der Waals surface area contributed by atoms with Crippen LogP contribution in [0.25, 0.3) is 0 Å². The highest BCUT2D eigenvalue weighted by molar-refractivity contribution is 5.77. The summed E-state index contributed by atoms with van der Waals surface area (Å²) in [5.41, 5.74) is 0. The monoisotopic (exact) mass is 830 g/mol. The number of hydrogen-bond acceptors (Lipinski definition) is 5. The van der Waals surface area contributed by atoms with Gasteiger partial charge in [-0.2, -0.15) is 0 Å². The Labute approximate surface area is 366 Å². The van der Waals surface area contributed by atoms with Gasteiger partial charge in [0, 0.05) is 6.42 Å². The molecule has 59 heavy (non-hydrogen) atoms. The Morgan fingerprint density at radius 1 is 0.492 bits per heavy atom. The molecule has 3 unspecified atom stereocenters. The molecule has 0 aliphatic rings. The third-order valence-corrected chi connectivity index (χ3v) is 11.7. The summed E-state index contributed by atoms with van der Waals surface area (Å²) in [5.74, 6) is -0.483. The van der Waals surface area contributed by atoms with E-state index in [0.717, 1.165) is 64.2 Å². The van der Waals surface area contributed by atoms with Gasteiger partial charge in [0.2, 0.25) is 5.91 Å². The second-order valence-electron chi connectivity index (χ2n) is 17.6. The second kappa shape index (κ2) is 47.1. The van der Waals surface area contributed by atoms with Crippen LogP contribution in [0.5, 0.6) is 0 Å². The first kappa shape index (κ1) is 57.1. The number of ether oxygens (including phenoxy) is 1. The van der Waals surface area contributed by atoms with Crippen LogP contribution in [0.2, 0.25) is 0 Å². The molecule has 0 aromatic heterocycles. The third-order valence-electron chi connectivity index (χ3n) is 11.7. The number of nitrogens with one attached hydrogen (secondary N) is 1. The van der Waals surface area contributed by atoms with Gasteiger partial charge in [0.05, 0.1) is 25.2 Å². The summed E-state index contributed by atoms with van der Waals surface area (Å²) in [5, 5.41) is 23.7. The van der Waals surface area contributed by atoms with Gasteiger partial charge in [0.1, 0.15) is 6.10 Å². The molecular weight excluding hydrogens is 731 g/mol. The molecule has 1 amide bonds. The van der Waals surface area contributed by atoms with Crippen LogP contribution in [-0.4, -0.2) is 46.9 Å². The molecule has 0 radical (unpaired) electrons. The molecule has 6 nitrogen and oxygen atoms in total. The van der Waals surface area contributed by atoms with Crippen LogP contribution in [0.15, 0.2) is 36.5 Å². The van der Waals surface area contributed by atoms with E-state index < -0.39 is 18.2 Å². The Morgan fingerprint density at radius 3 is 1.34 bits per heavy atom. The maximum absolute atomic E-state index is 13.1. The Balaban J connectivity index is 4.41. The second-order valence-corrected chi connectivity index (χ2v) is 17.6. The number of esters is 1. The minimum absolute atomic E-state index is 0.0749. The van der Waals surface area contributed by atoms with E-state index in [1.54, 1.807) is 0 Å². The lowest BCUT2D eigenvalue weighted by Gasteiger charge is -2.24. The van der Waals surface area contributed by atoms with Crippen LogP contribution in [-0.2, 0) is 14.3 Å². The van der Waals surface area contributed by atoms with Gasteiger partial charge in [-0.15, -0.1) is 0 Å². The van der Waals surface area contributed by atoms with Crippen LogP contribution in [0, 0.1) is 0 Å². The molecule has 3 N–H and O–H groups in total. The number of unbranched alkanes of at least 4 members (excludes halogenated alkanes) is 28. The molecule has 0 rings (SSSR count). The molecular formula is C53H99NO5. The van der Waals surface area contributed by atoms with Gasteiger partial charge in [-0.1, -0.05) is 224 Å². The third kappa shape index (κ3) is 42.6. The molecule has 0 bridgehead atoms. The molecule has 346 valence electrons. The lowest BCUT2D eigenvalue weighted by molar-refractivity contribution is -0.151. The molecule has 0 aromatic rings. The van der Waals surface area contributed by atoms with Crippen LogP contribution in [0.4, 0.5) is 0 Å². The van der Waals surface area contributed by atoms with Gasteiger partial charge in [-0.3, -0.25) is 9.59 Å². The molecule has 0 aliphatic heterocycles. The maximum Gasteiger partial charge on any atom is 0.306 e. The average Bonchev–Trinajstić information content (AvgIpc) is 3.23. The topological polar surface area (TPSA) is 95.9 Å². The number of rotatable bonds is 46. The van der Waals surface area contributed by atoms with Crippen molar-refractivity contribution in [2.45, 2.75) is 283 Å². The molecule has 0 aliphatic carbocycles. The lowest BCUT2D eigenvalue weighted by atomic mass is 10.0. The van der Waals surface area contributed by atoms with Gasteiger partial charge in [-0.05, 0) is 64.2 Å². The van der Waals surface area contributed by atoms with Gasteiger partial charge in [-0.25, -0.2) is 0 Å². The van der Waals surface area contributed by atoms with E-state index in [-0.39, 0.29) is 24.9 Å². The highest BCUT2D eigenvalue weighted by atomic mass is 16.5. The van der Waals surface area contributed by atoms with Crippen molar-refractivity contribution < 1.29 is 24.5 Å². The van der Waals surface area contributed by atoms with E-state index in [4.69, 9.17) is 4.74 Å². The summed E-state index contributed by atoms with van der Waals surface area (Å²) in [6.45, 7) is 6.44. The van der Waals surface area contributed by atoms with Crippen LogP contribution < -0.4 is 5.32 Å². The van der Waals surface area contributed by atoms with Crippen molar-refractivity contribution in [1.82, 2.24) is 5.32 Å². The Bertz CT molecular complexity index is 977. The number of carbonyl (C=O) groups is 2. The standard InChI is InChI=1S/C53H99NO5/c1-4-7-10-13-16-19-21-23-24-25-26-27-28-30-32-34-37-40-43-46-53(58)59-49(44-41-38-35-18-15-12-9-6-3)47-52(57)54-50(48-55)51(56)45-42-39-36-33-31-29-22-20-17-14-11-8-5-2/h16,19,23-24,26-27,49-51,55-56H,4-15,17-18,20-22,25,28-48H2,1-3H3,(H,54,57)/b19-16-,24-23-,27-26-. The number of hydrogen-bond donors (Lipinski definition) is 3. The number of aliphatic hydroxyl groups excluding tert-OH is 2. The Morgan fingerprint density at radius 2 is 0.864 bits per heavy atom. The average molecular weight is 830 g/mol. The quantitative estimate of drug-likeness (QED) is 0.0323. The highest BCUT2D eigenvalue weighted by Gasteiger charge is 2.24. The largest absolute Gasteiger partial charge is 0.462 e. The van der Waals surface area contributed by atoms with Crippen molar-refractivity contribution in [2.75, 3.05) is 6.61 Å². The number of aliphatic hydroxyl groups is 2. The fraction of sp³-hybridized carbons (Fsp3) is 0.849. The smallest absolute Gasteiger partial charge is 0.306 e. The first-order valence-corrected chi connectivity index (χ1v) is 25.7. The predicted octanol–water partition coefficient (Wildman–Crippen LogP) is 15.3. The zero-order chi connectivity index (χ0) is 43.1. The molecule has 0 heterocycles. The first-order chi connectivity index (χ1) is 29.0. The summed E-state index contributed by atoms with van der Waals surface area (Å²) >= 11 is 0. The molecule has 0 aromatic carbocycles. The van der Waals surface area contributed by atoms with Gasteiger partial charge >= 0.3 is 5.97 Å². The summed E-state index contributed by atoms with van der Waals surface area (Å²) in [6, 6.07) is -0.699. The van der Waals surface area contributed by atoms with Gasteiger partial charge < -0.3 is 20.3 Å². The Hall–Kier alpha value is -1.92. The van der Waals surface area contributed by atoms with E-state index in [2.05, 4.69) is 62.5 Å². The lowest BCUT2D eigenvalue weighted by Crippen LogP contribution is -2.46. The van der Waals surface area contributed by atoms with Crippen molar-refractivity contribution in [3.63, 3.8) is 0 Å². The molecule has 0 saturated heterocycles. The van der Waals surface area contributed by atoms with Crippen LogP contribution in [0.1, 0.15) is 265 Å².